The molecule has 21 heavy (non-hydrogen) atoms. The standard InChI is InChI=1S/C11H16N2O6S2/c12-21(18,19)10-4-1-3-9(7-10)8-13-20(16,17)6-2-5-11(14)15/h1,3-4,7,13H,2,5-6,8H2,(H,14,15)(H2,12,18,19). The number of hydrogen-bond acceptors (Lipinski definition) is 5. The molecule has 0 bridgehead atoms. The van der Waals surface area contributed by atoms with E-state index in [1.807, 2.05) is 0 Å². The van der Waals surface area contributed by atoms with E-state index in [4.69, 9.17) is 10.2 Å². The van der Waals surface area contributed by atoms with E-state index in [9.17, 15) is 21.6 Å². The minimum absolute atomic E-state index is 0.00187. The van der Waals surface area contributed by atoms with Gasteiger partial charge in [-0.05, 0) is 24.1 Å². The second kappa shape index (κ2) is 6.98. The van der Waals surface area contributed by atoms with Crippen molar-refractivity contribution in [3.8, 4) is 0 Å². The Kier molecular flexibility index (Phi) is 5.84. The molecule has 0 amide bonds. The number of carboxylic acids is 1. The zero-order valence-electron chi connectivity index (χ0n) is 11.0. The Balaban J connectivity index is 2.65. The highest BCUT2D eigenvalue weighted by atomic mass is 32.2. The Hall–Kier alpha value is -1.49. The molecular weight excluding hydrogens is 320 g/mol. The average molecular weight is 336 g/mol. The zero-order chi connectivity index (χ0) is 16.1. The van der Waals surface area contributed by atoms with Crippen molar-refractivity contribution in [2.75, 3.05) is 5.75 Å². The van der Waals surface area contributed by atoms with Gasteiger partial charge >= 0.3 is 5.97 Å². The predicted molar refractivity (Wildman–Crippen MR) is 75.3 cm³/mol. The quantitative estimate of drug-likeness (QED) is 0.590. The number of aliphatic carboxylic acids is 1. The van der Waals surface area contributed by atoms with Crippen molar-refractivity contribution in [1.82, 2.24) is 4.72 Å². The summed E-state index contributed by atoms with van der Waals surface area (Å²) in [6, 6.07) is 5.58. The molecule has 1 rings (SSSR count). The summed E-state index contributed by atoms with van der Waals surface area (Å²) in [5.41, 5.74) is 0.434. The number of carboxylic acid groups (broad SMARTS) is 1. The van der Waals surface area contributed by atoms with Gasteiger partial charge in [-0.3, -0.25) is 4.79 Å². The summed E-state index contributed by atoms with van der Waals surface area (Å²) >= 11 is 0. The molecule has 0 aliphatic carbocycles. The number of nitrogens with one attached hydrogen (secondary N) is 1. The third-order valence-electron chi connectivity index (χ3n) is 2.53. The Bertz CT molecular complexity index is 712. The van der Waals surface area contributed by atoms with Gasteiger partial charge in [0.25, 0.3) is 0 Å². The number of rotatable bonds is 8. The van der Waals surface area contributed by atoms with Crippen molar-refractivity contribution < 1.29 is 26.7 Å². The lowest BCUT2D eigenvalue weighted by Gasteiger charge is -2.07. The third kappa shape index (κ3) is 6.67. The zero-order valence-corrected chi connectivity index (χ0v) is 12.7. The van der Waals surface area contributed by atoms with E-state index in [0.29, 0.717) is 5.56 Å². The number of primary sulfonamides is 1. The lowest BCUT2D eigenvalue weighted by Crippen LogP contribution is -2.26. The Labute approximate surface area is 123 Å². The maximum absolute atomic E-state index is 11.6. The fourth-order valence-electron chi connectivity index (χ4n) is 1.51. The number of sulfonamides is 2. The first-order chi connectivity index (χ1) is 9.60. The smallest absolute Gasteiger partial charge is 0.303 e. The molecule has 1 aromatic carbocycles. The van der Waals surface area contributed by atoms with Crippen LogP contribution in [-0.2, 0) is 31.4 Å². The second-order valence-electron chi connectivity index (χ2n) is 4.33. The van der Waals surface area contributed by atoms with Crippen molar-refractivity contribution in [1.29, 1.82) is 0 Å². The summed E-state index contributed by atoms with van der Waals surface area (Å²) in [7, 11) is -7.46. The van der Waals surface area contributed by atoms with Crippen molar-refractivity contribution in [2.45, 2.75) is 24.3 Å². The maximum Gasteiger partial charge on any atom is 0.303 e. The minimum Gasteiger partial charge on any atom is -0.481 e. The van der Waals surface area contributed by atoms with Crippen LogP contribution in [0.3, 0.4) is 0 Å². The monoisotopic (exact) mass is 336 g/mol. The van der Waals surface area contributed by atoms with E-state index < -0.39 is 26.0 Å². The molecule has 0 aliphatic rings. The van der Waals surface area contributed by atoms with Crippen molar-refractivity contribution in [3.63, 3.8) is 0 Å². The first kappa shape index (κ1) is 17.6. The number of carbonyl (C=O) groups is 1. The Morgan fingerprint density at radius 1 is 1.24 bits per heavy atom. The Morgan fingerprint density at radius 3 is 2.48 bits per heavy atom. The third-order valence-corrected chi connectivity index (χ3v) is 4.85. The SMILES string of the molecule is NS(=O)(=O)c1cccc(CNS(=O)(=O)CCCC(=O)O)c1. The van der Waals surface area contributed by atoms with Gasteiger partial charge in [0.2, 0.25) is 20.0 Å². The van der Waals surface area contributed by atoms with Crippen LogP contribution in [0.2, 0.25) is 0 Å². The van der Waals surface area contributed by atoms with Gasteiger partial charge in [-0.1, -0.05) is 12.1 Å². The van der Waals surface area contributed by atoms with Crippen LogP contribution in [0, 0.1) is 0 Å². The summed E-state index contributed by atoms with van der Waals surface area (Å²) in [4.78, 5) is 10.2. The van der Waals surface area contributed by atoms with Gasteiger partial charge in [0.05, 0.1) is 10.6 Å². The highest BCUT2D eigenvalue weighted by Gasteiger charge is 2.12. The van der Waals surface area contributed by atoms with E-state index in [-0.39, 0.29) is 30.0 Å². The molecule has 0 heterocycles. The molecular formula is C11H16N2O6S2. The molecule has 0 radical (unpaired) electrons. The summed E-state index contributed by atoms with van der Waals surface area (Å²) < 4.78 is 47.9. The van der Waals surface area contributed by atoms with Gasteiger partial charge in [0.15, 0.2) is 0 Å². The normalized spacial score (nSPS) is 12.2. The first-order valence-electron chi connectivity index (χ1n) is 5.91. The molecule has 1 aromatic rings. The van der Waals surface area contributed by atoms with E-state index in [1.54, 1.807) is 6.07 Å². The molecule has 0 aliphatic heterocycles. The van der Waals surface area contributed by atoms with Crippen LogP contribution < -0.4 is 9.86 Å². The number of nitrogens with two attached hydrogens (primary N) is 1. The fraction of sp³-hybridized carbons (Fsp3) is 0.364. The van der Waals surface area contributed by atoms with E-state index in [1.165, 1.54) is 18.2 Å². The topological polar surface area (TPSA) is 144 Å². The lowest BCUT2D eigenvalue weighted by atomic mass is 10.2. The molecule has 0 saturated carbocycles. The predicted octanol–water partition coefficient (Wildman–Crippen LogP) is -0.382. The van der Waals surface area contributed by atoms with Crippen LogP contribution in [0.4, 0.5) is 0 Å². The molecule has 0 saturated heterocycles. The highest BCUT2D eigenvalue weighted by Crippen LogP contribution is 2.10. The average Bonchev–Trinajstić information content (AvgIpc) is 2.35. The summed E-state index contributed by atoms with van der Waals surface area (Å²) in [5, 5.41) is 13.4. The molecule has 8 nitrogen and oxygen atoms in total. The first-order valence-corrected chi connectivity index (χ1v) is 9.11. The number of hydrogen-bond donors (Lipinski definition) is 3. The molecule has 10 heteroatoms. The minimum atomic E-state index is -3.85. The number of benzene rings is 1. The van der Waals surface area contributed by atoms with Crippen LogP contribution in [-0.4, -0.2) is 33.7 Å². The van der Waals surface area contributed by atoms with Crippen LogP contribution in [0.15, 0.2) is 29.2 Å². The molecule has 0 fully saturated rings. The van der Waals surface area contributed by atoms with Crippen molar-refractivity contribution >= 4 is 26.0 Å². The van der Waals surface area contributed by atoms with Crippen LogP contribution in [0.5, 0.6) is 0 Å². The van der Waals surface area contributed by atoms with Crippen molar-refractivity contribution in [2.24, 2.45) is 5.14 Å². The van der Waals surface area contributed by atoms with Gasteiger partial charge < -0.3 is 5.11 Å². The molecule has 4 N–H and O–H groups in total. The van der Waals surface area contributed by atoms with Gasteiger partial charge in [-0.25, -0.2) is 26.7 Å². The fourth-order valence-corrected chi connectivity index (χ4v) is 3.15. The molecule has 0 spiro atoms. The summed E-state index contributed by atoms with van der Waals surface area (Å²) in [5.74, 6) is -1.38. The second-order valence-corrected chi connectivity index (χ2v) is 7.82. The molecule has 118 valence electrons. The molecule has 0 aromatic heterocycles. The van der Waals surface area contributed by atoms with Crippen LogP contribution in [0.25, 0.3) is 0 Å². The van der Waals surface area contributed by atoms with Gasteiger partial charge in [-0.2, -0.15) is 0 Å². The van der Waals surface area contributed by atoms with Gasteiger partial charge in [-0.15, -0.1) is 0 Å². The highest BCUT2D eigenvalue weighted by molar-refractivity contribution is 7.89. The van der Waals surface area contributed by atoms with E-state index in [0.717, 1.165) is 0 Å². The van der Waals surface area contributed by atoms with E-state index in [2.05, 4.69) is 4.72 Å². The van der Waals surface area contributed by atoms with Crippen molar-refractivity contribution in [3.05, 3.63) is 29.8 Å². The van der Waals surface area contributed by atoms with Crippen LogP contribution >= 0.6 is 0 Å². The van der Waals surface area contributed by atoms with Crippen LogP contribution in [0.1, 0.15) is 18.4 Å². The molecule has 0 unspecified atom stereocenters. The molecule has 0 atom stereocenters. The largest absolute Gasteiger partial charge is 0.481 e. The van der Waals surface area contributed by atoms with E-state index >= 15 is 0 Å². The Morgan fingerprint density at radius 2 is 1.90 bits per heavy atom. The summed E-state index contributed by atoms with van der Waals surface area (Å²) in [6.45, 7) is -0.0984. The maximum atomic E-state index is 11.6. The summed E-state index contributed by atoms with van der Waals surface area (Å²) in [6.07, 6.45) is -0.232. The van der Waals surface area contributed by atoms with Gasteiger partial charge in [0.1, 0.15) is 0 Å². The van der Waals surface area contributed by atoms with Gasteiger partial charge in [0, 0.05) is 13.0 Å². The lowest BCUT2D eigenvalue weighted by molar-refractivity contribution is -0.137.